The van der Waals surface area contributed by atoms with E-state index in [1.54, 1.807) is 0 Å². The number of aliphatic carboxylic acids is 4. The van der Waals surface area contributed by atoms with E-state index in [4.69, 9.17) is 25.2 Å². The normalized spacial score (nSPS) is 9.70. The molecule has 0 unspecified atom stereocenters. The largest absolute Gasteiger partial charge is 0.481 e. The first-order valence-corrected chi connectivity index (χ1v) is 4.99. The molecule has 0 saturated heterocycles. The van der Waals surface area contributed by atoms with Crippen molar-refractivity contribution in [3.8, 4) is 0 Å². The van der Waals surface area contributed by atoms with Gasteiger partial charge in [0.1, 0.15) is 0 Å². The average Bonchev–Trinajstić information content (AvgIpc) is 2.11. The summed E-state index contributed by atoms with van der Waals surface area (Å²) in [5.74, 6) is -6.87. The fourth-order valence-electron chi connectivity index (χ4n) is 1.09. The number of ether oxygens (including phenoxy) is 1. The van der Waals surface area contributed by atoms with E-state index in [2.05, 4.69) is 4.74 Å². The molecule has 0 spiro atoms. The minimum Gasteiger partial charge on any atom is -0.481 e. The molecule has 10 heteroatoms. The third kappa shape index (κ3) is 9.39. The lowest BCUT2D eigenvalue weighted by molar-refractivity contribution is -0.184. The van der Waals surface area contributed by atoms with Gasteiger partial charge < -0.3 is 25.2 Å². The van der Waals surface area contributed by atoms with Crippen LogP contribution in [0.2, 0.25) is 0 Å². The van der Waals surface area contributed by atoms with Crippen molar-refractivity contribution < 1.29 is 49.1 Å². The van der Waals surface area contributed by atoms with Gasteiger partial charge in [-0.05, 0) is 0 Å². The summed E-state index contributed by atoms with van der Waals surface area (Å²) in [6.07, 6.45) is -2.23. The van der Waals surface area contributed by atoms with Crippen LogP contribution in [0.25, 0.3) is 0 Å². The lowest BCUT2D eigenvalue weighted by atomic mass is 9.95. The van der Waals surface area contributed by atoms with Gasteiger partial charge in [0.2, 0.25) is 5.60 Å². The molecule has 20 heavy (non-hydrogen) atoms. The van der Waals surface area contributed by atoms with Crippen LogP contribution in [0, 0.1) is 0 Å². The molecule has 0 radical (unpaired) electrons. The van der Waals surface area contributed by atoms with Crippen molar-refractivity contribution in [2.45, 2.75) is 32.3 Å². The SMILES string of the molecule is CC(=O)O.CC(=O)OC(CC(=O)O)(CC(=O)O)C(=O)O. The van der Waals surface area contributed by atoms with E-state index in [0.717, 1.165) is 13.8 Å². The van der Waals surface area contributed by atoms with E-state index in [1.165, 1.54) is 0 Å². The van der Waals surface area contributed by atoms with Crippen molar-refractivity contribution in [1.82, 2.24) is 0 Å². The summed E-state index contributed by atoms with van der Waals surface area (Å²) in [6.45, 7) is 1.95. The maximum atomic E-state index is 10.8. The van der Waals surface area contributed by atoms with Crippen molar-refractivity contribution in [2.75, 3.05) is 0 Å². The zero-order valence-corrected chi connectivity index (χ0v) is 10.7. The number of hydrogen-bond acceptors (Lipinski definition) is 6. The smallest absolute Gasteiger partial charge is 0.349 e. The van der Waals surface area contributed by atoms with Gasteiger partial charge in [0.05, 0.1) is 12.8 Å². The molecule has 0 fully saturated rings. The van der Waals surface area contributed by atoms with Crippen LogP contribution in [-0.2, 0) is 28.7 Å². The quantitative estimate of drug-likeness (QED) is 0.463. The first-order valence-electron chi connectivity index (χ1n) is 4.99. The van der Waals surface area contributed by atoms with Crippen LogP contribution in [0.4, 0.5) is 0 Å². The summed E-state index contributed by atoms with van der Waals surface area (Å²) < 4.78 is 4.32. The van der Waals surface area contributed by atoms with Gasteiger partial charge in [-0.1, -0.05) is 0 Å². The molecule has 0 aromatic carbocycles. The zero-order chi connectivity index (χ0) is 16.5. The molecule has 0 atom stereocenters. The van der Waals surface area contributed by atoms with E-state index < -0.39 is 48.3 Å². The number of carbonyl (C=O) groups excluding carboxylic acids is 1. The van der Waals surface area contributed by atoms with E-state index in [9.17, 15) is 19.2 Å². The fourth-order valence-corrected chi connectivity index (χ4v) is 1.09. The van der Waals surface area contributed by atoms with E-state index >= 15 is 0 Å². The van der Waals surface area contributed by atoms with E-state index in [0.29, 0.717) is 0 Å². The Morgan fingerprint density at radius 3 is 1.30 bits per heavy atom. The van der Waals surface area contributed by atoms with Crippen LogP contribution in [0.1, 0.15) is 26.7 Å². The maximum Gasteiger partial charge on any atom is 0.349 e. The Balaban J connectivity index is 0. The van der Waals surface area contributed by atoms with Gasteiger partial charge in [-0.3, -0.25) is 19.2 Å². The predicted molar refractivity (Wildman–Crippen MR) is 59.9 cm³/mol. The molecule has 0 aliphatic heterocycles. The minimum atomic E-state index is -2.57. The number of carboxylic acid groups (broad SMARTS) is 4. The predicted octanol–water partition coefficient (Wildman–Crippen LogP) is -0.587. The molecule has 0 amide bonds. The summed E-state index contributed by atoms with van der Waals surface area (Å²) in [5, 5.41) is 33.1. The Morgan fingerprint density at radius 2 is 1.15 bits per heavy atom. The summed E-state index contributed by atoms with van der Waals surface area (Å²) >= 11 is 0. The van der Waals surface area contributed by atoms with Crippen LogP contribution in [0.15, 0.2) is 0 Å². The molecule has 0 heterocycles. The third-order valence-electron chi connectivity index (χ3n) is 1.60. The summed E-state index contributed by atoms with van der Waals surface area (Å²) in [4.78, 5) is 51.3. The molecule has 4 N–H and O–H groups in total. The van der Waals surface area contributed by atoms with Crippen LogP contribution >= 0.6 is 0 Å². The van der Waals surface area contributed by atoms with E-state index in [1.807, 2.05) is 0 Å². The second kappa shape index (κ2) is 8.45. The first-order chi connectivity index (χ1) is 8.92. The van der Waals surface area contributed by atoms with Gasteiger partial charge in [-0.25, -0.2) is 4.79 Å². The second-order valence-corrected chi connectivity index (χ2v) is 3.55. The number of carboxylic acids is 4. The lowest BCUT2D eigenvalue weighted by Gasteiger charge is -2.25. The highest BCUT2D eigenvalue weighted by Crippen LogP contribution is 2.22. The molecule has 0 aromatic heterocycles. The van der Waals surface area contributed by atoms with Crippen molar-refractivity contribution in [1.29, 1.82) is 0 Å². The molecule has 0 aliphatic rings. The van der Waals surface area contributed by atoms with Crippen molar-refractivity contribution in [3.05, 3.63) is 0 Å². The molecule has 0 aliphatic carbocycles. The average molecular weight is 294 g/mol. The Morgan fingerprint density at radius 1 is 0.850 bits per heavy atom. The molecule has 114 valence electrons. The second-order valence-electron chi connectivity index (χ2n) is 3.55. The van der Waals surface area contributed by atoms with Crippen molar-refractivity contribution in [3.63, 3.8) is 0 Å². The highest BCUT2D eigenvalue weighted by molar-refractivity contribution is 5.90. The van der Waals surface area contributed by atoms with Gasteiger partial charge in [0.25, 0.3) is 5.97 Å². The summed E-state index contributed by atoms with van der Waals surface area (Å²) in [7, 11) is 0. The number of rotatable bonds is 6. The van der Waals surface area contributed by atoms with Crippen molar-refractivity contribution >= 4 is 29.8 Å². The molecule has 0 saturated carbocycles. The van der Waals surface area contributed by atoms with Gasteiger partial charge in [0, 0.05) is 13.8 Å². The highest BCUT2D eigenvalue weighted by atomic mass is 16.6. The summed E-state index contributed by atoms with van der Waals surface area (Å²) in [6, 6.07) is 0. The molecule has 0 aromatic rings. The minimum absolute atomic E-state index is 0.833. The molecule has 10 nitrogen and oxygen atoms in total. The van der Waals surface area contributed by atoms with Gasteiger partial charge in [-0.2, -0.15) is 0 Å². The van der Waals surface area contributed by atoms with Crippen molar-refractivity contribution in [2.24, 2.45) is 0 Å². The lowest BCUT2D eigenvalue weighted by Crippen LogP contribution is -2.46. The van der Waals surface area contributed by atoms with Gasteiger partial charge in [0.15, 0.2) is 0 Å². The number of hydrogen-bond donors (Lipinski definition) is 4. The molecule has 0 bridgehead atoms. The number of esters is 1. The Bertz CT molecular complexity index is 365. The fraction of sp³-hybridized carbons (Fsp3) is 0.500. The molecular formula is C10H14O10. The van der Waals surface area contributed by atoms with Gasteiger partial charge >= 0.3 is 23.9 Å². The number of carbonyl (C=O) groups is 5. The Kier molecular flexibility index (Phi) is 8.32. The monoisotopic (exact) mass is 294 g/mol. The van der Waals surface area contributed by atoms with E-state index in [-0.39, 0.29) is 0 Å². The molecular weight excluding hydrogens is 280 g/mol. The Hall–Kier alpha value is -2.65. The zero-order valence-electron chi connectivity index (χ0n) is 10.7. The topological polar surface area (TPSA) is 175 Å². The maximum absolute atomic E-state index is 10.8. The third-order valence-corrected chi connectivity index (χ3v) is 1.60. The van der Waals surface area contributed by atoms with Crippen LogP contribution in [-0.4, -0.2) is 55.9 Å². The van der Waals surface area contributed by atoms with Crippen LogP contribution in [0.3, 0.4) is 0 Å². The highest BCUT2D eigenvalue weighted by Gasteiger charge is 2.46. The van der Waals surface area contributed by atoms with Gasteiger partial charge in [-0.15, -0.1) is 0 Å². The molecule has 0 rings (SSSR count). The summed E-state index contributed by atoms with van der Waals surface area (Å²) in [5.41, 5.74) is -2.57. The Labute approximate surface area is 112 Å². The first kappa shape index (κ1) is 19.7. The van der Waals surface area contributed by atoms with Crippen LogP contribution < -0.4 is 0 Å². The standard InChI is InChI=1S/C8H10O8.C2H4O2/c1-4(9)16-8(7(14)15,2-5(10)11)3-6(12)13;1-2(3)4/h2-3H2,1H3,(H,10,11)(H,12,13)(H,14,15);1H3,(H,3,4). The van der Waals surface area contributed by atoms with Crippen LogP contribution in [0.5, 0.6) is 0 Å².